The number of imidazole rings is 1. The van der Waals surface area contributed by atoms with Crippen LogP contribution in [0.25, 0.3) is 11.0 Å². The predicted octanol–water partition coefficient (Wildman–Crippen LogP) is 4.10. The largest absolute Gasteiger partial charge is 0.345 e. The van der Waals surface area contributed by atoms with E-state index < -0.39 is 0 Å². The minimum atomic E-state index is -0.248. The average molecular weight is 466 g/mol. The highest BCUT2D eigenvalue weighted by Crippen LogP contribution is 2.16. The molecule has 1 aromatic heterocycles. The van der Waals surface area contributed by atoms with Gasteiger partial charge in [0.05, 0.1) is 17.4 Å². The molecule has 31 heavy (non-hydrogen) atoms. The third-order valence-electron chi connectivity index (χ3n) is 5.05. The van der Waals surface area contributed by atoms with Crippen molar-refractivity contribution in [3.63, 3.8) is 0 Å². The SMILES string of the molecule is CC(C)C(N)CCN(C)C(=O)c1cccc(NC(=O)c2ccc3nc[nH]c3c2)c1.Cl.Cl. The number of carbonyl (C=O) groups excluding carboxylic acids is 2. The number of aromatic amines is 1. The van der Waals surface area contributed by atoms with Gasteiger partial charge in [-0.15, -0.1) is 24.8 Å². The number of hydrogen-bond acceptors (Lipinski definition) is 4. The highest BCUT2D eigenvalue weighted by Gasteiger charge is 2.15. The number of amides is 2. The normalized spacial score (nSPS) is 11.4. The quantitative estimate of drug-likeness (QED) is 0.488. The van der Waals surface area contributed by atoms with Crippen molar-refractivity contribution in [3.8, 4) is 0 Å². The molecule has 2 aromatic carbocycles. The summed E-state index contributed by atoms with van der Waals surface area (Å²) < 4.78 is 0. The summed E-state index contributed by atoms with van der Waals surface area (Å²) in [6, 6.07) is 12.3. The molecule has 1 atom stereocenters. The smallest absolute Gasteiger partial charge is 0.255 e. The summed E-state index contributed by atoms with van der Waals surface area (Å²) >= 11 is 0. The number of fused-ring (bicyclic) bond motifs is 1. The summed E-state index contributed by atoms with van der Waals surface area (Å²) in [4.78, 5) is 34.1. The molecular formula is C22H29Cl2N5O2. The number of halogens is 2. The lowest BCUT2D eigenvalue weighted by molar-refractivity contribution is 0.0789. The van der Waals surface area contributed by atoms with Gasteiger partial charge < -0.3 is 20.9 Å². The highest BCUT2D eigenvalue weighted by molar-refractivity contribution is 6.06. The third-order valence-corrected chi connectivity index (χ3v) is 5.05. The Hall–Kier alpha value is -2.61. The number of benzene rings is 2. The number of rotatable bonds is 7. The van der Waals surface area contributed by atoms with Gasteiger partial charge in [-0.2, -0.15) is 0 Å². The molecule has 0 radical (unpaired) electrons. The molecule has 4 N–H and O–H groups in total. The first-order valence-corrected chi connectivity index (χ1v) is 9.70. The van der Waals surface area contributed by atoms with Crippen molar-refractivity contribution in [3.05, 3.63) is 59.9 Å². The molecule has 2 amide bonds. The Labute approximate surface area is 194 Å². The van der Waals surface area contributed by atoms with Crippen molar-refractivity contribution in [2.24, 2.45) is 11.7 Å². The molecule has 1 unspecified atom stereocenters. The number of nitrogens with one attached hydrogen (secondary N) is 2. The van der Waals surface area contributed by atoms with Crippen molar-refractivity contribution < 1.29 is 9.59 Å². The summed E-state index contributed by atoms with van der Waals surface area (Å²) in [7, 11) is 1.76. The second kappa shape index (κ2) is 11.7. The fourth-order valence-corrected chi connectivity index (χ4v) is 3.01. The Balaban J connectivity index is 0.00000240. The van der Waals surface area contributed by atoms with Crippen molar-refractivity contribution >= 4 is 53.3 Å². The van der Waals surface area contributed by atoms with Crippen LogP contribution in [0.1, 0.15) is 41.0 Å². The molecule has 0 bridgehead atoms. The summed E-state index contributed by atoms with van der Waals surface area (Å²) in [5, 5.41) is 2.85. The molecule has 168 valence electrons. The van der Waals surface area contributed by atoms with Crippen LogP contribution < -0.4 is 11.1 Å². The summed E-state index contributed by atoms with van der Waals surface area (Å²) in [5.41, 5.74) is 9.27. The monoisotopic (exact) mass is 465 g/mol. The summed E-state index contributed by atoms with van der Waals surface area (Å²) in [6.07, 6.45) is 2.33. The summed E-state index contributed by atoms with van der Waals surface area (Å²) in [5.74, 6) is 0.0244. The molecule has 0 spiro atoms. The first kappa shape index (κ1) is 26.4. The zero-order valence-electron chi connectivity index (χ0n) is 17.8. The van der Waals surface area contributed by atoms with Gasteiger partial charge in [0, 0.05) is 36.4 Å². The maximum Gasteiger partial charge on any atom is 0.255 e. The maximum atomic E-state index is 12.7. The Morgan fingerprint density at radius 2 is 1.87 bits per heavy atom. The minimum absolute atomic E-state index is 0. The molecule has 7 nitrogen and oxygen atoms in total. The number of nitrogens with zero attached hydrogens (tertiary/aromatic N) is 2. The van der Waals surface area contributed by atoms with Gasteiger partial charge in [0.25, 0.3) is 11.8 Å². The zero-order valence-corrected chi connectivity index (χ0v) is 19.4. The maximum absolute atomic E-state index is 12.7. The van der Waals surface area contributed by atoms with Crippen LogP contribution in [-0.4, -0.2) is 46.3 Å². The molecule has 0 saturated carbocycles. The van der Waals surface area contributed by atoms with E-state index >= 15 is 0 Å². The molecule has 3 aromatic rings. The van der Waals surface area contributed by atoms with E-state index in [9.17, 15) is 9.59 Å². The van der Waals surface area contributed by atoms with Gasteiger partial charge in [-0.1, -0.05) is 19.9 Å². The van der Waals surface area contributed by atoms with E-state index in [1.807, 2.05) is 0 Å². The second-order valence-corrected chi connectivity index (χ2v) is 7.59. The second-order valence-electron chi connectivity index (χ2n) is 7.59. The minimum Gasteiger partial charge on any atom is -0.345 e. The van der Waals surface area contributed by atoms with Gasteiger partial charge in [-0.25, -0.2) is 4.98 Å². The van der Waals surface area contributed by atoms with Gasteiger partial charge in [0.15, 0.2) is 0 Å². The van der Waals surface area contributed by atoms with Gasteiger partial charge in [0.2, 0.25) is 0 Å². The Morgan fingerprint density at radius 1 is 1.13 bits per heavy atom. The molecule has 1 heterocycles. The lowest BCUT2D eigenvalue weighted by atomic mass is 10.0. The fraction of sp³-hybridized carbons (Fsp3) is 0.318. The van der Waals surface area contributed by atoms with Crippen LogP contribution in [0.5, 0.6) is 0 Å². The summed E-state index contributed by atoms with van der Waals surface area (Å²) in [6.45, 7) is 4.73. The Bertz CT molecular complexity index is 1020. The fourth-order valence-electron chi connectivity index (χ4n) is 3.01. The van der Waals surface area contributed by atoms with Crippen LogP contribution in [0, 0.1) is 5.92 Å². The first-order valence-electron chi connectivity index (χ1n) is 9.70. The van der Waals surface area contributed by atoms with E-state index in [1.165, 1.54) is 0 Å². The van der Waals surface area contributed by atoms with Crippen LogP contribution in [0.3, 0.4) is 0 Å². The number of carbonyl (C=O) groups is 2. The van der Waals surface area contributed by atoms with Crippen LogP contribution in [-0.2, 0) is 0 Å². The molecule has 0 aliphatic rings. The van der Waals surface area contributed by atoms with Crippen molar-refractivity contribution in [2.45, 2.75) is 26.3 Å². The van der Waals surface area contributed by atoms with Crippen molar-refractivity contribution in [2.75, 3.05) is 18.9 Å². The predicted molar refractivity (Wildman–Crippen MR) is 129 cm³/mol. The van der Waals surface area contributed by atoms with Crippen LogP contribution >= 0.6 is 24.8 Å². The molecule has 0 aliphatic heterocycles. The van der Waals surface area contributed by atoms with Crippen LogP contribution in [0.2, 0.25) is 0 Å². The van der Waals surface area contributed by atoms with E-state index in [1.54, 1.807) is 60.7 Å². The van der Waals surface area contributed by atoms with E-state index in [-0.39, 0.29) is 42.7 Å². The van der Waals surface area contributed by atoms with Crippen molar-refractivity contribution in [1.82, 2.24) is 14.9 Å². The average Bonchev–Trinajstić information content (AvgIpc) is 3.19. The number of anilines is 1. The number of H-pyrrole nitrogens is 1. The zero-order chi connectivity index (χ0) is 21.0. The van der Waals surface area contributed by atoms with Gasteiger partial charge in [-0.05, 0) is 48.7 Å². The van der Waals surface area contributed by atoms with Crippen molar-refractivity contribution in [1.29, 1.82) is 0 Å². The number of aromatic nitrogens is 2. The Kier molecular flexibility index (Phi) is 9.97. The van der Waals surface area contributed by atoms with Gasteiger partial charge in [0.1, 0.15) is 0 Å². The molecule has 0 aliphatic carbocycles. The van der Waals surface area contributed by atoms with Crippen LogP contribution in [0.15, 0.2) is 48.8 Å². The molecular weight excluding hydrogens is 437 g/mol. The molecule has 0 fully saturated rings. The van der Waals surface area contributed by atoms with Gasteiger partial charge >= 0.3 is 0 Å². The lowest BCUT2D eigenvalue weighted by Gasteiger charge is -2.21. The molecule has 0 saturated heterocycles. The van der Waals surface area contributed by atoms with E-state index in [4.69, 9.17) is 5.73 Å². The Morgan fingerprint density at radius 3 is 2.58 bits per heavy atom. The third kappa shape index (κ3) is 6.69. The molecule has 3 rings (SSSR count). The lowest BCUT2D eigenvalue weighted by Crippen LogP contribution is -2.34. The van der Waals surface area contributed by atoms with E-state index in [2.05, 4.69) is 29.1 Å². The highest BCUT2D eigenvalue weighted by atomic mass is 35.5. The number of hydrogen-bond donors (Lipinski definition) is 3. The number of nitrogens with two attached hydrogens (primary N) is 1. The van der Waals surface area contributed by atoms with Gasteiger partial charge in [-0.3, -0.25) is 9.59 Å². The topological polar surface area (TPSA) is 104 Å². The molecule has 9 heteroatoms. The van der Waals surface area contributed by atoms with Crippen LogP contribution in [0.4, 0.5) is 5.69 Å². The first-order chi connectivity index (χ1) is 13.8. The van der Waals surface area contributed by atoms with E-state index in [0.29, 0.717) is 29.3 Å². The standard InChI is InChI=1S/C22H27N5O2.2ClH/c1-14(2)18(23)9-10-27(3)22(29)16-5-4-6-17(11-16)26-21(28)15-7-8-19-20(12-15)25-13-24-19;;/h4-8,11-14,18H,9-10,23H2,1-3H3,(H,24,25)(H,26,28);2*1H. The van der Waals surface area contributed by atoms with E-state index in [0.717, 1.165) is 17.5 Å².